The first-order valence-corrected chi connectivity index (χ1v) is 7.81. The number of thiazole rings is 1. The summed E-state index contributed by atoms with van der Waals surface area (Å²) in [6, 6.07) is 0. The number of aromatic nitrogens is 1. The lowest BCUT2D eigenvalue weighted by atomic mass is 10.2. The van der Waals surface area contributed by atoms with Gasteiger partial charge in [-0.1, -0.05) is 26.2 Å². The molecule has 4 nitrogen and oxygen atoms in total. The molecule has 1 heterocycles. The third kappa shape index (κ3) is 8.16. The fourth-order valence-electron chi connectivity index (χ4n) is 1.66. The van der Waals surface area contributed by atoms with Crippen molar-refractivity contribution < 1.29 is 13.2 Å². The highest BCUT2D eigenvalue weighted by atomic mass is 127. The average molecular weight is 450 g/mol. The van der Waals surface area contributed by atoms with Crippen LogP contribution in [0.2, 0.25) is 0 Å². The topological polar surface area (TPSA) is 49.3 Å². The van der Waals surface area contributed by atoms with Crippen molar-refractivity contribution in [1.29, 1.82) is 0 Å². The zero-order valence-corrected chi connectivity index (χ0v) is 15.8. The Hall–Kier alpha value is -0.580. The largest absolute Gasteiger partial charge is 0.434 e. The molecule has 1 aromatic heterocycles. The summed E-state index contributed by atoms with van der Waals surface area (Å²) in [4.78, 5) is 7.58. The van der Waals surface area contributed by atoms with E-state index in [1.54, 1.807) is 7.05 Å². The minimum Gasteiger partial charge on any atom is -0.356 e. The van der Waals surface area contributed by atoms with Crippen molar-refractivity contribution in [2.24, 2.45) is 4.99 Å². The summed E-state index contributed by atoms with van der Waals surface area (Å²) in [5, 5.41) is 7.50. The molecular weight excluding hydrogens is 428 g/mol. The van der Waals surface area contributed by atoms with Crippen molar-refractivity contribution in [3.8, 4) is 0 Å². The first kappa shape index (κ1) is 21.4. The van der Waals surface area contributed by atoms with Crippen LogP contribution in [0.4, 0.5) is 13.2 Å². The second kappa shape index (κ2) is 11.0. The fourth-order valence-corrected chi connectivity index (χ4v) is 2.40. The molecule has 0 amide bonds. The van der Waals surface area contributed by atoms with Crippen molar-refractivity contribution in [1.82, 2.24) is 15.6 Å². The number of hydrogen-bond acceptors (Lipinski definition) is 3. The van der Waals surface area contributed by atoms with Gasteiger partial charge in [0.1, 0.15) is 5.01 Å². The van der Waals surface area contributed by atoms with Gasteiger partial charge in [-0.2, -0.15) is 13.2 Å². The second-order valence-electron chi connectivity index (χ2n) is 4.54. The Kier molecular flexibility index (Phi) is 10.7. The molecule has 0 bridgehead atoms. The van der Waals surface area contributed by atoms with Crippen LogP contribution in [0.15, 0.2) is 10.4 Å². The number of guanidine groups is 1. The van der Waals surface area contributed by atoms with Crippen LogP contribution in [0.1, 0.15) is 43.3 Å². The van der Waals surface area contributed by atoms with Crippen LogP contribution in [-0.2, 0) is 12.7 Å². The Morgan fingerprint density at radius 3 is 2.55 bits per heavy atom. The van der Waals surface area contributed by atoms with E-state index in [0.717, 1.165) is 36.1 Å². The van der Waals surface area contributed by atoms with Gasteiger partial charge in [0.2, 0.25) is 0 Å². The molecule has 0 saturated heterocycles. The molecule has 0 radical (unpaired) electrons. The van der Waals surface area contributed by atoms with E-state index in [0.29, 0.717) is 11.0 Å². The van der Waals surface area contributed by atoms with Crippen molar-refractivity contribution >= 4 is 41.3 Å². The highest BCUT2D eigenvalue weighted by Crippen LogP contribution is 2.29. The van der Waals surface area contributed by atoms with Gasteiger partial charge in [0.15, 0.2) is 11.7 Å². The predicted octanol–water partition coefficient (Wildman–Crippen LogP) is 4.03. The van der Waals surface area contributed by atoms with Crippen LogP contribution in [-0.4, -0.2) is 24.5 Å². The van der Waals surface area contributed by atoms with E-state index >= 15 is 0 Å². The van der Waals surface area contributed by atoms with Gasteiger partial charge >= 0.3 is 6.18 Å². The van der Waals surface area contributed by atoms with Gasteiger partial charge in [-0.15, -0.1) is 35.3 Å². The van der Waals surface area contributed by atoms with Crippen LogP contribution < -0.4 is 10.6 Å². The summed E-state index contributed by atoms with van der Waals surface area (Å²) in [7, 11) is 1.63. The van der Waals surface area contributed by atoms with E-state index in [9.17, 15) is 13.2 Å². The molecule has 0 aromatic carbocycles. The summed E-state index contributed by atoms with van der Waals surface area (Å²) in [5.74, 6) is 0.579. The molecule has 9 heteroatoms. The standard InChI is InChI=1S/C13H21F3N4S.HI/c1-3-4-5-6-7-18-12(17-2)19-8-11-20-10(9-21-11)13(14,15)16;/h9H,3-8H2,1-2H3,(H2,17,18,19);1H. The summed E-state index contributed by atoms with van der Waals surface area (Å²) in [5.41, 5.74) is -0.841. The molecule has 0 atom stereocenters. The molecule has 2 N–H and O–H groups in total. The summed E-state index contributed by atoms with van der Waals surface area (Å²) < 4.78 is 37.3. The Balaban J connectivity index is 0.00000441. The lowest BCUT2D eigenvalue weighted by Crippen LogP contribution is -2.37. The number of nitrogens with zero attached hydrogens (tertiary/aromatic N) is 2. The highest BCUT2D eigenvalue weighted by Gasteiger charge is 2.33. The molecule has 0 unspecified atom stereocenters. The lowest BCUT2D eigenvalue weighted by molar-refractivity contribution is -0.140. The molecule has 0 saturated carbocycles. The number of aliphatic imine (C=N–C) groups is 1. The molecule has 22 heavy (non-hydrogen) atoms. The molecule has 1 rings (SSSR count). The number of hydrogen-bond donors (Lipinski definition) is 2. The quantitative estimate of drug-likeness (QED) is 0.286. The first-order chi connectivity index (χ1) is 9.97. The number of unbranched alkanes of at least 4 members (excludes halogenated alkanes) is 3. The SMILES string of the molecule is CCCCCCNC(=NC)NCc1nc(C(F)(F)F)cs1.I. The molecule has 0 spiro atoms. The van der Waals surface area contributed by atoms with Gasteiger partial charge in [-0.3, -0.25) is 4.99 Å². The molecule has 128 valence electrons. The molecule has 0 aliphatic rings. The van der Waals surface area contributed by atoms with Gasteiger partial charge in [0, 0.05) is 19.0 Å². The van der Waals surface area contributed by atoms with Crippen molar-refractivity contribution in [2.75, 3.05) is 13.6 Å². The van der Waals surface area contributed by atoms with E-state index in [1.165, 1.54) is 12.8 Å². The summed E-state index contributed by atoms with van der Waals surface area (Å²) in [6.45, 7) is 3.18. The normalized spacial score (nSPS) is 12.0. The maximum absolute atomic E-state index is 12.4. The second-order valence-corrected chi connectivity index (χ2v) is 5.48. The van der Waals surface area contributed by atoms with Gasteiger partial charge < -0.3 is 10.6 Å². The molecule has 0 aliphatic carbocycles. The Labute approximate surface area is 150 Å². The van der Waals surface area contributed by atoms with E-state index in [1.807, 2.05) is 0 Å². The van der Waals surface area contributed by atoms with Gasteiger partial charge in [0.05, 0.1) is 6.54 Å². The third-order valence-electron chi connectivity index (χ3n) is 2.80. The van der Waals surface area contributed by atoms with Gasteiger partial charge in [-0.05, 0) is 6.42 Å². The average Bonchev–Trinajstić information content (AvgIpc) is 2.91. The van der Waals surface area contributed by atoms with Gasteiger partial charge in [0.25, 0.3) is 0 Å². The number of halogens is 4. The maximum atomic E-state index is 12.4. The third-order valence-corrected chi connectivity index (χ3v) is 3.64. The van der Waals surface area contributed by atoms with Crippen LogP contribution in [0.5, 0.6) is 0 Å². The number of alkyl halides is 3. The van der Waals surface area contributed by atoms with Crippen molar-refractivity contribution in [2.45, 2.75) is 45.3 Å². The van der Waals surface area contributed by atoms with E-state index in [4.69, 9.17) is 0 Å². The van der Waals surface area contributed by atoms with Crippen LogP contribution in [0.25, 0.3) is 0 Å². The zero-order chi connectivity index (χ0) is 15.7. The van der Waals surface area contributed by atoms with E-state index < -0.39 is 11.9 Å². The monoisotopic (exact) mass is 450 g/mol. The lowest BCUT2D eigenvalue weighted by Gasteiger charge is -2.10. The number of rotatable bonds is 7. The maximum Gasteiger partial charge on any atom is 0.434 e. The first-order valence-electron chi connectivity index (χ1n) is 6.93. The summed E-state index contributed by atoms with van der Waals surface area (Å²) in [6.07, 6.45) is 0.200. The van der Waals surface area contributed by atoms with Crippen LogP contribution in [0, 0.1) is 0 Å². The Morgan fingerprint density at radius 1 is 1.27 bits per heavy atom. The highest BCUT2D eigenvalue weighted by molar-refractivity contribution is 14.0. The zero-order valence-electron chi connectivity index (χ0n) is 12.7. The van der Waals surface area contributed by atoms with E-state index in [-0.39, 0.29) is 30.5 Å². The summed E-state index contributed by atoms with van der Waals surface area (Å²) >= 11 is 0.987. The predicted molar refractivity (Wildman–Crippen MR) is 94.9 cm³/mol. The molecule has 0 aliphatic heterocycles. The Morgan fingerprint density at radius 2 is 2.00 bits per heavy atom. The minimum absolute atomic E-state index is 0. The van der Waals surface area contributed by atoms with Crippen molar-refractivity contribution in [3.05, 3.63) is 16.1 Å². The van der Waals surface area contributed by atoms with Crippen LogP contribution in [0.3, 0.4) is 0 Å². The molecule has 0 fully saturated rings. The van der Waals surface area contributed by atoms with Crippen molar-refractivity contribution in [3.63, 3.8) is 0 Å². The fraction of sp³-hybridized carbons (Fsp3) is 0.692. The van der Waals surface area contributed by atoms with Gasteiger partial charge in [-0.25, -0.2) is 4.98 Å². The molecule has 1 aromatic rings. The minimum atomic E-state index is -4.38. The van der Waals surface area contributed by atoms with E-state index in [2.05, 4.69) is 27.5 Å². The number of nitrogens with one attached hydrogen (secondary N) is 2. The molecular formula is C13H22F3IN4S. The Bertz CT molecular complexity index is 449. The smallest absolute Gasteiger partial charge is 0.356 e. The van der Waals surface area contributed by atoms with Crippen LogP contribution >= 0.6 is 35.3 Å².